The Balaban J connectivity index is 2.93. The molecule has 66 valence electrons. The standard InChI is InChI=1S/C9H14N2O/c1-6(2)4-8-10-7(3)5-9(12)11-8/h5-6H,4H2,1-3H3,(H,10,11,12). The topological polar surface area (TPSA) is 45.8 Å². The fourth-order valence-electron chi connectivity index (χ4n) is 1.12. The molecule has 3 nitrogen and oxygen atoms in total. The molecule has 1 heterocycles. The Morgan fingerprint density at radius 3 is 2.75 bits per heavy atom. The zero-order valence-corrected chi connectivity index (χ0v) is 7.72. The van der Waals surface area contributed by atoms with E-state index in [1.165, 1.54) is 6.07 Å². The van der Waals surface area contributed by atoms with Crippen LogP contribution in [-0.4, -0.2) is 9.97 Å². The first-order chi connectivity index (χ1) is 5.58. The minimum absolute atomic E-state index is 0.0573. The zero-order valence-electron chi connectivity index (χ0n) is 7.72. The quantitative estimate of drug-likeness (QED) is 0.719. The van der Waals surface area contributed by atoms with Crippen LogP contribution in [0.1, 0.15) is 25.4 Å². The average Bonchev–Trinajstić information content (AvgIpc) is 1.81. The third-order valence-electron chi connectivity index (χ3n) is 1.52. The minimum atomic E-state index is -0.0573. The van der Waals surface area contributed by atoms with E-state index in [9.17, 15) is 4.79 Å². The van der Waals surface area contributed by atoms with Gasteiger partial charge in [-0.2, -0.15) is 0 Å². The van der Waals surface area contributed by atoms with Crippen LogP contribution in [0.25, 0.3) is 0 Å². The first kappa shape index (κ1) is 8.97. The van der Waals surface area contributed by atoms with Gasteiger partial charge in [-0.1, -0.05) is 13.8 Å². The first-order valence-electron chi connectivity index (χ1n) is 4.15. The summed E-state index contributed by atoms with van der Waals surface area (Å²) in [7, 11) is 0. The molecule has 0 aliphatic rings. The highest BCUT2D eigenvalue weighted by Gasteiger charge is 2.00. The third-order valence-corrected chi connectivity index (χ3v) is 1.52. The van der Waals surface area contributed by atoms with Gasteiger partial charge >= 0.3 is 0 Å². The number of H-pyrrole nitrogens is 1. The van der Waals surface area contributed by atoms with Crippen molar-refractivity contribution < 1.29 is 0 Å². The van der Waals surface area contributed by atoms with Crippen LogP contribution in [0.2, 0.25) is 0 Å². The number of nitrogens with one attached hydrogen (secondary N) is 1. The third kappa shape index (κ3) is 2.49. The summed E-state index contributed by atoms with van der Waals surface area (Å²) < 4.78 is 0. The summed E-state index contributed by atoms with van der Waals surface area (Å²) in [4.78, 5) is 17.9. The molecule has 0 saturated carbocycles. The number of hydrogen-bond donors (Lipinski definition) is 1. The van der Waals surface area contributed by atoms with E-state index in [-0.39, 0.29) is 5.56 Å². The summed E-state index contributed by atoms with van der Waals surface area (Å²) in [6.07, 6.45) is 0.830. The minimum Gasteiger partial charge on any atom is -0.311 e. The van der Waals surface area contributed by atoms with Crippen LogP contribution in [0.15, 0.2) is 10.9 Å². The van der Waals surface area contributed by atoms with E-state index >= 15 is 0 Å². The number of aromatic nitrogens is 2. The lowest BCUT2D eigenvalue weighted by atomic mass is 10.1. The number of aryl methyl sites for hydroxylation is 1. The molecular weight excluding hydrogens is 152 g/mol. The number of hydrogen-bond acceptors (Lipinski definition) is 2. The van der Waals surface area contributed by atoms with E-state index in [2.05, 4.69) is 23.8 Å². The molecule has 0 fully saturated rings. The van der Waals surface area contributed by atoms with Gasteiger partial charge in [-0.3, -0.25) is 4.79 Å². The molecule has 0 aliphatic carbocycles. The van der Waals surface area contributed by atoms with E-state index in [0.717, 1.165) is 17.9 Å². The first-order valence-corrected chi connectivity index (χ1v) is 4.15. The Kier molecular flexibility index (Phi) is 2.63. The van der Waals surface area contributed by atoms with Gasteiger partial charge in [0.25, 0.3) is 5.56 Å². The highest BCUT2D eigenvalue weighted by atomic mass is 16.1. The summed E-state index contributed by atoms with van der Waals surface area (Å²) in [5, 5.41) is 0. The normalized spacial score (nSPS) is 10.7. The van der Waals surface area contributed by atoms with Gasteiger partial charge < -0.3 is 4.98 Å². The van der Waals surface area contributed by atoms with Crippen LogP contribution >= 0.6 is 0 Å². The molecule has 1 aromatic heterocycles. The molecule has 0 amide bonds. The highest BCUT2D eigenvalue weighted by Crippen LogP contribution is 2.00. The summed E-state index contributed by atoms with van der Waals surface area (Å²) in [6, 6.07) is 1.50. The van der Waals surface area contributed by atoms with Gasteiger partial charge in [0.2, 0.25) is 0 Å². The molecule has 12 heavy (non-hydrogen) atoms. The van der Waals surface area contributed by atoms with Gasteiger partial charge in [-0.15, -0.1) is 0 Å². The van der Waals surface area contributed by atoms with Crippen LogP contribution in [0.3, 0.4) is 0 Å². The van der Waals surface area contributed by atoms with Crippen molar-refractivity contribution >= 4 is 0 Å². The summed E-state index contributed by atoms with van der Waals surface area (Å²) in [6.45, 7) is 6.03. The van der Waals surface area contributed by atoms with E-state index in [4.69, 9.17) is 0 Å². The van der Waals surface area contributed by atoms with Crippen LogP contribution in [0.4, 0.5) is 0 Å². The van der Waals surface area contributed by atoms with Crippen molar-refractivity contribution in [3.05, 3.63) is 27.9 Å². The van der Waals surface area contributed by atoms with Gasteiger partial charge in [0.15, 0.2) is 0 Å². The predicted molar refractivity (Wildman–Crippen MR) is 48.1 cm³/mol. The molecule has 1 aromatic rings. The Labute approximate surface area is 71.9 Å². The fraction of sp³-hybridized carbons (Fsp3) is 0.556. The van der Waals surface area contributed by atoms with Gasteiger partial charge in [0, 0.05) is 18.2 Å². The van der Waals surface area contributed by atoms with Crippen molar-refractivity contribution in [3.63, 3.8) is 0 Å². The van der Waals surface area contributed by atoms with Gasteiger partial charge in [-0.05, 0) is 12.8 Å². The second-order valence-electron chi connectivity index (χ2n) is 3.43. The molecule has 0 bridgehead atoms. The predicted octanol–water partition coefficient (Wildman–Crippen LogP) is 1.28. The fourth-order valence-corrected chi connectivity index (χ4v) is 1.12. The SMILES string of the molecule is Cc1cc(=O)[nH]c(CC(C)C)n1. The largest absolute Gasteiger partial charge is 0.311 e. The van der Waals surface area contributed by atoms with Crippen LogP contribution in [0, 0.1) is 12.8 Å². The molecule has 0 unspecified atom stereocenters. The van der Waals surface area contributed by atoms with E-state index in [0.29, 0.717) is 5.92 Å². The molecule has 0 radical (unpaired) electrons. The number of rotatable bonds is 2. The molecule has 1 rings (SSSR count). The monoisotopic (exact) mass is 166 g/mol. The highest BCUT2D eigenvalue weighted by molar-refractivity contribution is 5.00. The smallest absolute Gasteiger partial charge is 0.251 e. The zero-order chi connectivity index (χ0) is 9.14. The van der Waals surface area contributed by atoms with E-state index < -0.39 is 0 Å². The summed E-state index contributed by atoms with van der Waals surface area (Å²) in [5.74, 6) is 1.31. The van der Waals surface area contributed by atoms with Crippen LogP contribution in [-0.2, 0) is 6.42 Å². The number of aromatic amines is 1. The Bertz CT molecular complexity index is 315. The number of nitrogens with zero attached hydrogens (tertiary/aromatic N) is 1. The second-order valence-corrected chi connectivity index (χ2v) is 3.43. The molecule has 0 spiro atoms. The second kappa shape index (κ2) is 3.52. The lowest BCUT2D eigenvalue weighted by Crippen LogP contribution is -2.12. The van der Waals surface area contributed by atoms with Crippen molar-refractivity contribution in [1.29, 1.82) is 0 Å². The van der Waals surface area contributed by atoms with E-state index in [1.54, 1.807) is 0 Å². The van der Waals surface area contributed by atoms with Crippen molar-refractivity contribution in [1.82, 2.24) is 9.97 Å². The van der Waals surface area contributed by atoms with Crippen molar-refractivity contribution in [2.75, 3.05) is 0 Å². The van der Waals surface area contributed by atoms with Crippen LogP contribution in [0.5, 0.6) is 0 Å². The van der Waals surface area contributed by atoms with Crippen molar-refractivity contribution in [2.24, 2.45) is 5.92 Å². The Hall–Kier alpha value is -1.12. The van der Waals surface area contributed by atoms with Crippen molar-refractivity contribution in [3.8, 4) is 0 Å². The molecule has 0 aliphatic heterocycles. The lowest BCUT2D eigenvalue weighted by Gasteiger charge is -2.03. The maximum absolute atomic E-state index is 11.0. The molecule has 0 aromatic carbocycles. The lowest BCUT2D eigenvalue weighted by molar-refractivity contribution is 0.617. The van der Waals surface area contributed by atoms with Gasteiger partial charge in [0.05, 0.1) is 0 Å². The molecular formula is C9H14N2O. The molecule has 1 N–H and O–H groups in total. The van der Waals surface area contributed by atoms with Crippen LogP contribution < -0.4 is 5.56 Å². The Morgan fingerprint density at radius 2 is 2.25 bits per heavy atom. The average molecular weight is 166 g/mol. The Morgan fingerprint density at radius 1 is 1.58 bits per heavy atom. The summed E-state index contributed by atoms with van der Waals surface area (Å²) >= 11 is 0. The summed E-state index contributed by atoms with van der Waals surface area (Å²) in [5.41, 5.74) is 0.729. The molecule has 0 atom stereocenters. The van der Waals surface area contributed by atoms with Gasteiger partial charge in [-0.25, -0.2) is 4.98 Å². The molecule has 3 heteroatoms. The van der Waals surface area contributed by atoms with E-state index in [1.807, 2.05) is 6.92 Å². The van der Waals surface area contributed by atoms with Gasteiger partial charge in [0.1, 0.15) is 5.82 Å². The molecule has 0 saturated heterocycles. The maximum atomic E-state index is 11.0. The van der Waals surface area contributed by atoms with Crippen molar-refractivity contribution in [2.45, 2.75) is 27.2 Å². The maximum Gasteiger partial charge on any atom is 0.251 e.